The van der Waals surface area contributed by atoms with Crippen LogP contribution in [0.2, 0.25) is 0 Å². The first-order valence-corrected chi connectivity index (χ1v) is 11.5. The van der Waals surface area contributed by atoms with Gasteiger partial charge in [0.25, 0.3) is 0 Å². The molecule has 8 nitrogen and oxygen atoms in total. The largest absolute Gasteiger partial charge is 0.389 e. The van der Waals surface area contributed by atoms with Gasteiger partial charge < -0.3 is 25.5 Å². The Balaban J connectivity index is 1.30. The number of halogens is 1. The summed E-state index contributed by atoms with van der Waals surface area (Å²) in [6, 6.07) is 12.0. The predicted octanol–water partition coefficient (Wildman–Crippen LogP) is 2.88. The third-order valence-corrected chi connectivity index (χ3v) is 6.09. The van der Waals surface area contributed by atoms with Crippen molar-refractivity contribution in [2.75, 3.05) is 25.0 Å². The maximum Gasteiger partial charge on any atom is 0.322 e. The Bertz CT molecular complexity index is 1170. The Morgan fingerprint density at radius 1 is 1.06 bits per heavy atom. The number of nitrogens with zero attached hydrogens (tertiary/aromatic N) is 2. The van der Waals surface area contributed by atoms with Gasteiger partial charge in [0, 0.05) is 37.4 Å². The van der Waals surface area contributed by atoms with Crippen LogP contribution in [-0.2, 0) is 22.7 Å². The molecule has 0 radical (unpaired) electrons. The van der Waals surface area contributed by atoms with Crippen molar-refractivity contribution in [3.63, 3.8) is 0 Å². The highest BCUT2D eigenvalue weighted by molar-refractivity contribution is 6.35. The molecule has 0 saturated carbocycles. The van der Waals surface area contributed by atoms with Gasteiger partial charge in [0.2, 0.25) is 0 Å². The topological polar surface area (TPSA) is 102 Å². The standard InChI is InChI=1S/C26H29FN4O4/c1-26(2,35)16-28-23(32)24(33)30-12-10-18(11-13-30)17-6-8-20(9-7-17)29-25(34)31-14-19-4-3-5-22(27)21(19)15-31/h3-10,35H,11-16H2,1-2H3,(H,28,32)(H,29,34). The van der Waals surface area contributed by atoms with Crippen molar-refractivity contribution in [1.82, 2.24) is 15.1 Å². The number of hydrogen-bond donors (Lipinski definition) is 3. The molecule has 2 aromatic carbocycles. The zero-order chi connectivity index (χ0) is 25.2. The van der Waals surface area contributed by atoms with Crippen molar-refractivity contribution in [2.24, 2.45) is 0 Å². The number of hydrogen-bond acceptors (Lipinski definition) is 4. The molecule has 0 fully saturated rings. The molecule has 184 valence electrons. The van der Waals surface area contributed by atoms with Gasteiger partial charge in [0.05, 0.1) is 12.1 Å². The van der Waals surface area contributed by atoms with Crippen LogP contribution in [0.15, 0.2) is 48.5 Å². The number of urea groups is 1. The van der Waals surface area contributed by atoms with Gasteiger partial charge in [-0.2, -0.15) is 0 Å². The average molecular weight is 481 g/mol. The van der Waals surface area contributed by atoms with E-state index in [9.17, 15) is 23.9 Å². The zero-order valence-electron chi connectivity index (χ0n) is 19.8. The molecule has 2 aliphatic rings. The molecule has 2 aromatic rings. The Kier molecular flexibility index (Phi) is 6.88. The van der Waals surface area contributed by atoms with Crippen LogP contribution in [0.4, 0.5) is 14.9 Å². The molecular weight excluding hydrogens is 451 g/mol. The number of anilines is 1. The van der Waals surface area contributed by atoms with Gasteiger partial charge in [-0.15, -0.1) is 0 Å². The first kappa shape index (κ1) is 24.4. The highest BCUT2D eigenvalue weighted by Gasteiger charge is 2.27. The SMILES string of the molecule is CC(C)(O)CNC(=O)C(=O)N1CC=C(c2ccc(NC(=O)N3Cc4cccc(F)c4C3)cc2)CC1. The van der Waals surface area contributed by atoms with Gasteiger partial charge in [0.1, 0.15) is 5.82 Å². The predicted molar refractivity (Wildman–Crippen MR) is 130 cm³/mol. The van der Waals surface area contributed by atoms with E-state index in [1.807, 2.05) is 24.3 Å². The fourth-order valence-corrected chi connectivity index (χ4v) is 4.13. The number of aliphatic hydroxyl groups is 1. The highest BCUT2D eigenvalue weighted by atomic mass is 19.1. The van der Waals surface area contributed by atoms with E-state index in [0.29, 0.717) is 37.3 Å². The molecule has 4 amide bonds. The second-order valence-corrected chi connectivity index (χ2v) is 9.47. The van der Waals surface area contributed by atoms with Gasteiger partial charge in [0.15, 0.2) is 0 Å². The van der Waals surface area contributed by atoms with Gasteiger partial charge >= 0.3 is 17.8 Å². The molecule has 0 aromatic heterocycles. The average Bonchev–Trinajstić information content (AvgIpc) is 3.28. The van der Waals surface area contributed by atoms with E-state index in [4.69, 9.17) is 0 Å². The third-order valence-electron chi connectivity index (χ3n) is 6.09. The van der Waals surface area contributed by atoms with Gasteiger partial charge in [-0.05, 0) is 55.2 Å². The van der Waals surface area contributed by atoms with Crippen LogP contribution in [0.25, 0.3) is 5.57 Å². The minimum absolute atomic E-state index is 0.00300. The Morgan fingerprint density at radius 2 is 1.80 bits per heavy atom. The van der Waals surface area contributed by atoms with E-state index < -0.39 is 17.4 Å². The number of amides is 4. The van der Waals surface area contributed by atoms with Crippen molar-refractivity contribution in [3.05, 3.63) is 71.0 Å². The van der Waals surface area contributed by atoms with E-state index in [0.717, 1.165) is 16.7 Å². The number of nitrogens with one attached hydrogen (secondary N) is 2. The second-order valence-electron chi connectivity index (χ2n) is 9.47. The lowest BCUT2D eigenvalue weighted by Gasteiger charge is -2.27. The van der Waals surface area contributed by atoms with Crippen LogP contribution in [-0.4, -0.2) is 58.0 Å². The molecule has 0 atom stereocenters. The molecule has 0 aliphatic carbocycles. The van der Waals surface area contributed by atoms with Crippen molar-refractivity contribution < 1.29 is 23.9 Å². The van der Waals surface area contributed by atoms with Crippen molar-refractivity contribution in [3.8, 4) is 0 Å². The molecule has 0 saturated heterocycles. The molecule has 3 N–H and O–H groups in total. The van der Waals surface area contributed by atoms with Gasteiger partial charge in [-0.1, -0.05) is 30.3 Å². The van der Waals surface area contributed by atoms with Gasteiger partial charge in [-0.25, -0.2) is 9.18 Å². The minimum atomic E-state index is -1.09. The number of carbonyl (C=O) groups is 3. The number of carbonyl (C=O) groups excluding carboxylic acids is 3. The second kappa shape index (κ2) is 9.87. The first-order valence-electron chi connectivity index (χ1n) is 11.5. The molecule has 4 rings (SSSR count). The fraction of sp³-hybridized carbons (Fsp3) is 0.346. The molecule has 0 spiro atoms. The lowest BCUT2D eigenvalue weighted by molar-refractivity contribution is -0.146. The molecule has 2 aliphatic heterocycles. The number of benzene rings is 2. The maximum atomic E-state index is 13.9. The number of rotatable bonds is 4. The summed E-state index contributed by atoms with van der Waals surface area (Å²) in [7, 11) is 0. The highest BCUT2D eigenvalue weighted by Crippen LogP contribution is 2.27. The normalized spacial score (nSPS) is 15.4. The summed E-state index contributed by atoms with van der Waals surface area (Å²) in [5, 5.41) is 15.0. The Morgan fingerprint density at radius 3 is 2.43 bits per heavy atom. The monoisotopic (exact) mass is 480 g/mol. The van der Waals surface area contributed by atoms with Crippen LogP contribution < -0.4 is 10.6 Å². The van der Waals surface area contributed by atoms with E-state index in [2.05, 4.69) is 10.6 Å². The lowest BCUT2D eigenvalue weighted by atomic mass is 9.99. The summed E-state index contributed by atoms with van der Waals surface area (Å²) in [5.74, 6) is -1.64. The Labute approximate surface area is 203 Å². The summed E-state index contributed by atoms with van der Waals surface area (Å²) in [6.45, 7) is 4.43. The summed E-state index contributed by atoms with van der Waals surface area (Å²) in [6.07, 6.45) is 2.50. The summed E-state index contributed by atoms with van der Waals surface area (Å²) < 4.78 is 13.9. The van der Waals surface area contributed by atoms with Crippen LogP contribution >= 0.6 is 0 Å². The molecule has 0 unspecified atom stereocenters. The smallest absolute Gasteiger partial charge is 0.322 e. The van der Waals surface area contributed by atoms with E-state index in [1.54, 1.807) is 36.9 Å². The summed E-state index contributed by atoms with van der Waals surface area (Å²) in [5.41, 5.74) is 2.94. The van der Waals surface area contributed by atoms with E-state index in [-0.39, 0.29) is 24.9 Å². The van der Waals surface area contributed by atoms with Crippen LogP contribution in [0.1, 0.15) is 37.0 Å². The lowest BCUT2D eigenvalue weighted by Crippen LogP contribution is -2.48. The quantitative estimate of drug-likeness (QED) is 0.586. The zero-order valence-corrected chi connectivity index (χ0v) is 19.8. The molecule has 9 heteroatoms. The fourth-order valence-electron chi connectivity index (χ4n) is 4.13. The molecule has 35 heavy (non-hydrogen) atoms. The molecule has 2 heterocycles. The van der Waals surface area contributed by atoms with E-state index in [1.165, 1.54) is 11.0 Å². The van der Waals surface area contributed by atoms with Crippen LogP contribution in [0, 0.1) is 5.82 Å². The van der Waals surface area contributed by atoms with Crippen molar-refractivity contribution in [2.45, 2.75) is 39.0 Å². The Hall–Kier alpha value is -3.72. The molecular formula is C26H29FN4O4. The first-order chi connectivity index (χ1) is 16.6. The molecule has 0 bridgehead atoms. The van der Waals surface area contributed by atoms with E-state index >= 15 is 0 Å². The van der Waals surface area contributed by atoms with Crippen LogP contribution in [0.5, 0.6) is 0 Å². The maximum absolute atomic E-state index is 13.9. The van der Waals surface area contributed by atoms with Crippen molar-refractivity contribution >= 4 is 29.1 Å². The van der Waals surface area contributed by atoms with Gasteiger partial charge in [-0.3, -0.25) is 9.59 Å². The summed E-state index contributed by atoms with van der Waals surface area (Å²) >= 11 is 0. The summed E-state index contributed by atoms with van der Waals surface area (Å²) in [4.78, 5) is 40.1. The third kappa shape index (κ3) is 5.86. The van der Waals surface area contributed by atoms with Crippen molar-refractivity contribution in [1.29, 1.82) is 0 Å². The number of fused-ring (bicyclic) bond motifs is 1. The van der Waals surface area contributed by atoms with Crippen LogP contribution in [0.3, 0.4) is 0 Å². The minimum Gasteiger partial charge on any atom is -0.389 e.